The average Bonchev–Trinajstić information content (AvgIpc) is 2.38. The molecule has 1 aromatic heterocycles. The number of benzene rings is 2. The van der Waals surface area contributed by atoms with Crippen molar-refractivity contribution in [3.63, 3.8) is 0 Å². The molecule has 19 heavy (non-hydrogen) atoms. The lowest BCUT2D eigenvalue weighted by Crippen LogP contribution is -1.92. The highest BCUT2D eigenvalue weighted by atomic mass is 35.5. The summed E-state index contributed by atoms with van der Waals surface area (Å²) in [5.74, 6) is -0.393. The van der Waals surface area contributed by atoms with Crippen LogP contribution < -0.4 is 0 Å². The molecule has 0 spiro atoms. The first-order chi connectivity index (χ1) is 9.15. The standard InChI is InChI=1S/C14H8ClFN2S/c15-9-5-8(6-10(16)7-9)13-11-3-1-2-4-12(11)14(19)18-17-13/h1-7H,(H,18,19). The highest BCUT2D eigenvalue weighted by molar-refractivity contribution is 7.71. The average molecular weight is 291 g/mol. The van der Waals surface area contributed by atoms with Crippen LogP contribution in [0.2, 0.25) is 5.02 Å². The zero-order valence-corrected chi connectivity index (χ0v) is 11.2. The fourth-order valence-electron chi connectivity index (χ4n) is 2.03. The lowest BCUT2D eigenvalue weighted by Gasteiger charge is -2.06. The van der Waals surface area contributed by atoms with Gasteiger partial charge in [-0.1, -0.05) is 48.1 Å². The molecule has 0 bridgehead atoms. The van der Waals surface area contributed by atoms with E-state index in [4.69, 9.17) is 23.8 Å². The van der Waals surface area contributed by atoms with E-state index in [1.54, 1.807) is 6.07 Å². The fraction of sp³-hybridized carbons (Fsp3) is 0. The number of halogens is 2. The smallest absolute Gasteiger partial charge is 0.127 e. The van der Waals surface area contributed by atoms with E-state index in [0.717, 1.165) is 10.8 Å². The van der Waals surface area contributed by atoms with Gasteiger partial charge in [-0.25, -0.2) is 4.39 Å². The summed E-state index contributed by atoms with van der Waals surface area (Å²) < 4.78 is 14.0. The number of fused-ring (bicyclic) bond motifs is 1. The first kappa shape index (κ1) is 12.3. The van der Waals surface area contributed by atoms with Crippen LogP contribution in [0, 0.1) is 10.5 Å². The van der Waals surface area contributed by atoms with Gasteiger partial charge in [-0.15, -0.1) is 0 Å². The Morgan fingerprint density at radius 1 is 1.11 bits per heavy atom. The van der Waals surface area contributed by atoms with E-state index < -0.39 is 5.82 Å². The zero-order chi connectivity index (χ0) is 13.4. The summed E-state index contributed by atoms with van der Waals surface area (Å²) in [6.45, 7) is 0. The predicted octanol–water partition coefficient (Wildman–Crippen LogP) is 4.75. The number of hydrogen-bond acceptors (Lipinski definition) is 2. The minimum atomic E-state index is -0.393. The third kappa shape index (κ3) is 2.25. The van der Waals surface area contributed by atoms with Gasteiger partial charge in [0.15, 0.2) is 0 Å². The van der Waals surface area contributed by atoms with E-state index in [0.29, 0.717) is 20.9 Å². The van der Waals surface area contributed by atoms with E-state index in [1.807, 2.05) is 24.3 Å². The van der Waals surface area contributed by atoms with E-state index >= 15 is 0 Å². The van der Waals surface area contributed by atoms with E-state index in [1.165, 1.54) is 12.1 Å². The quantitative estimate of drug-likeness (QED) is 0.655. The van der Waals surface area contributed by atoms with Crippen molar-refractivity contribution in [1.82, 2.24) is 10.2 Å². The molecule has 1 N–H and O–H groups in total. The predicted molar refractivity (Wildman–Crippen MR) is 77.3 cm³/mol. The molecule has 0 saturated carbocycles. The lowest BCUT2D eigenvalue weighted by atomic mass is 10.1. The molecule has 5 heteroatoms. The first-order valence-corrected chi connectivity index (χ1v) is 6.37. The monoisotopic (exact) mass is 290 g/mol. The van der Waals surface area contributed by atoms with Gasteiger partial charge in [0.2, 0.25) is 0 Å². The SMILES string of the molecule is Fc1cc(Cl)cc(-c2n[nH]c(=S)c3ccccc23)c1. The summed E-state index contributed by atoms with van der Waals surface area (Å²) in [4.78, 5) is 0. The Hall–Kier alpha value is -1.78. The van der Waals surface area contributed by atoms with Crippen molar-refractivity contribution in [2.75, 3.05) is 0 Å². The second kappa shape index (κ2) is 4.72. The minimum Gasteiger partial charge on any atom is -0.267 e. The molecular formula is C14H8ClFN2S. The van der Waals surface area contributed by atoms with Gasteiger partial charge >= 0.3 is 0 Å². The molecule has 0 aliphatic carbocycles. The maximum atomic E-state index is 13.5. The Morgan fingerprint density at radius 3 is 2.58 bits per heavy atom. The molecule has 0 unspecified atom stereocenters. The number of aromatic amines is 1. The Balaban J connectivity index is 2.37. The Morgan fingerprint density at radius 2 is 1.84 bits per heavy atom. The largest absolute Gasteiger partial charge is 0.267 e. The molecular weight excluding hydrogens is 283 g/mol. The van der Waals surface area contributed by atoms with Crippen LogP contribution in [0.3, 0.4) is 0 Å². The van der Waals surface area contributed by atoms with Crippen LogP contribution in [-0.2, 0) is 0 Å². The van der Waals surface area contributed by atoms with Gasteiger partial charge in [0.25, 0.3) is 0 Å². The summed E-state index contributed by atoms with van der Waals surface area (Å²) >= 11 is 11.1. The second-order valence-electron chi connectivity index (χ2n) is 4.11. The maximum Gasteiger partial charge on any atom is 0.127 e. The first-order valence-electron chi connectivity index (χ1n) is 5.59. The molecule has 0 aliphatic heterocycles. The number of aromatic nitrogens is 2. The van der Waals surface area contributed by atoms with Crippen LogP contribution >= 0.6 is 23.8 Å². The number of nitrogens with zero attached hydrogens (tertiary/aromatic N) is 1. The van der Waals surface area contributed by atoms with Crippen LogP contribution in [0.5, 0.6) is 0 Å². The van der Waals surface area contributed by atoms with Gasteiger partial charge in [0.1, 0.15) is 10.5 Å². The van der Waals surface area contributed by atoms with Crippen molar-refractivity contribution in [3.05, 3.63) is 57.9 Å². The van der Waals surface area contributed by atoms with Crippen LogP contribution in [-0.4, -0.2) is 10.2 Å². The molecule has 1 heterocycles. The number of rotatable bonds is 1. The molecule has 0 fully saturated rings. The highest BCUT2D eigenvalue weighted by Crippen LogP contribution is 2.28. The van der Waals surface area contributed by atoms with Gasteiger partial charge in [-0.2, -0.15) is 5.10 Å². The summed E-state index contributed by atoms with van der Waals surface area (Å²) in [6, 6.07) is 11.9. The molecule has 2 nitrogen and oxygen atoms in total. The maximum absolute atomic E-state index is 13.5. The van der Waals surface area contributed by atoms with Gasteiger partial charge in [0, 0.05) is 21.4 Å². The summed E-state index contributed by atoms with van der Waals surface area (Å²) in [5, 5.41) is 9.07. The third-order valence-corrected chi connectivity index (χ3v) is 3.36. The van der Waals surface area contributed by atoms with Crippen LogP contribution in [0.1, 0.15) is 0 Å². The molecule has 0 aliphatic rings. The van der Waals surface area contributed by atoms with Crippen molar-refractivity contribution in [2.24, 2.45) is 0 Å². The number of hydrogen-bond donors (Lipinski definition) is 1. The number of H-pyrrole nitrogens is 1. The molecule has 0 amide bonds. The summed E-state index contributed by atoms with van der Waals surface area (Å²) in [6.07, 6.45) is 0. The fourth-order valence-corrected chi connectivity index (χ4v) is 2.47. The Labute approximate surface area is 118 Å². The summed E-state index contributed by atoms with van der Waals surface area (Å²) in [5.41, 5.74) is 1.25. The molecule has 0 atom stereocenters. The van der Waals surface area contributed by atoms with Crippen molar-refractivity contribution in [2.45, 2.75) is 0 Å². The molecule has 3 aromatic rings. The lowest BCUT2D eigenvalue weighted by molar-refractivity contribution is 0.628. The zero-order valence-electron chi connectivity index (χ0n) is 9.65. The molecule has 0 saturated heterocycles. The van der Waals surface area contributed by atoms with Gasteiger partial charge < -0.3 is 0 Å². The van der Waals surface area contributed by atoms with Crippen molar-refractivity contribution >= 4 is 34.6 Å². The van der Waals surface area contributed by atoms with Gasteiger partial charge in [-0.05, 0) is 18.2 Å². The van der Waals surface area contributed by atoms with Crippen LogP contribution in [0.25, 0.3) is 22.0 Å². The van der Waals surface area contributed by atoms with E-state index in [2.05, 4.69) is 10.2 Å². The highest BCUT2D eigenvalue weighted by Gasteiger charge is 2.09. The summed E-state index contributed by atoms with van der Waals surface area (Å²) in [7, 11) is 0. The normalized spacial score (nSPS) is 10.8. The molecule has 0 radical (unpaired) electrons. The van der Waals surface area contributed by atoms with Gasteiger partial charge in [0.05, 0.1) is 5.69 Å². The van der Waals surface area contributed by atoms with Crippen molar-refractivity contribution < 1.29 is 4.39 Å². The van der Waals surface area contributed by atoms with E-state index in [9.17, 15) is 4.39 Å². The molecule has 94 valence electrons. The van der Waals surface area contributed by atoms with Crippen LogP contribution in [0.4, 0.5) is 4.39 Å². The Kier molecular flexibility index (Phi) is 3.05. The molecule has 2 aromatic carbocycles. The van der Waals surface area contributed by atoms with Crippen molar-refractivity contribution in [1.29, 1.82) is 0 Å². The van der Waals surface area contributed by atoms with Gasteiger partial charge in [-0.3, -0.25) is 5.10 Å². The minimum absolute atomic E-state index is 0.336. The Bertz CT molecular complexity index is 809. The van der Waals surface area contributed by atoms with E-state index in [-0.39, 0.29) is 0 Å². The second-order valence-corrected chi connectivity index (χ2v) is 4.95. The van der Waals surface area contributed by atoms with Crippen LogP contribution in [0.15, 0.2) is 42.5 Å². The molecule has 3 rings (SSSR count). The number of nitrogens with one attached hydrogen (secondary N) is 1. The topological polar surface area (TPSA) is 28.7 Å². The third-order valence-electron chi connectivity index (χ3n) is 2.83. The van der Waals surface area contributed by atoms with Crippen molar-refractivity contribution in [3.8, 4) is 11.3 Å².